The Labute approximate surface area is 172 Å². The van der Waals surface area contributed by atoms with Crippen molar-refractivity contribution in [2.75, 3.05) is 23.3 Å². The highest BCUT2D eigenvalue weighted by atomic mass is 16.1. The minimum atomic E-state index is -0.0189. The normalized spacial score (nSPS) is 14.1. The van der Waals surface area contributed by atoms with Crippen molar-refractivity contribution < 1.29 is 4.79 Å². The molecular formula is C24H28N4O. The Morgan fingerprint density at radius 1 is 0.931 bits per heavy atom. The van der Waals surface area contributed by atoms with E-state index >= 15 is 0 Å². The van der Waals surface area contributed by atoms with E-state index in [4.69, 9.17) is 0 Å². The van der Waals surface area contributed by atoms with E-state index in [1.54, 1.807) is 0 Å². The van der Waals surface area contributed by atoms with Gasteiger partial charge in [-0.15, -0.1) is 0 Å². The molecule has 4 rings (SSSR count). The zero-order valence-corrected chi connectivity index (χ0v) is 17.2. The first-order valence-electron chi connectivity index (χ1n) is 10.4. The van der Waals surface area contributed by atoms with Crippen LogP contribution in [0.2, 0.25) is 0 Å². The third-order valence-electron chi connectivity index (χ3n) is 5.65. The fourth-order valence-corrected chi connectivity index (χ4v) is 4.02. The summed E-state index contributed by atoms with van der Waals surface area (Å²) in [4.78, 5) is 15.1. The van der Waals surface area contributed by atoms with Crippen molar-refractivity contribution in [1.29, 1.82) is 0 Å². The smallest absolute Gasteiger partial charge is 0.228 e. The molecule has 0 unspecified atom stereocenters. The van der Waals surface area contributed by atoms with Gasteiger partial charge in [-0.2, -0.15) is 5.10 Å². The molecule has 1 amide bonds. The molecule has 0 aliphatic carbocycles. The van der Waals surface area contributed by atoms with E-state index in [0.717, 1.165) is 41.4 Å². The molecule has 1 fully saturated rings. The standard InChI is InChI=1S/C24H28N4O/c1-18-23(19(2)28(26-18)22-9-5-3-6-10-22)17-24(29)25-20-11-13-21(14-12-20)27-15-7-4-8-16-27/h3,5-6,9-14H,4,7-8,15-17H2,1-2H3,(H,25,29). The molecule has 150 valence electrons. The van der Waals surface area contributed by atoms with Crippen LogP contribution in [-0.2, 0) is 11.2 Å². The summed E-state index contributed by atoms with van der Waals surface area (Å²) in [7, 11) is 0. The lowest BCUT2D eigenvalue weighted by atomic mass is 10.1. The number of amides is 1. The predicted octanol–water partition coefficient (Wildman–Crippen LogP) is 4.66. The average Bonchev–Trinajstić information content (AvgIpc) is 3.04. The minimum Gasteiger partial charge on any atom is -0.372 e. The summed E-state index contributed by atoms with van der Waals surface area (Å²) in [6, 6.07) is 18.2. The number of aromatic nitrogens is 2. The maximum absolute atomic E-state index is 12.7. The van der Waals surface area contributed by atoms with Crippen LogP contribution in [0.15, 0.2) is 54.6 Å². The van der Waals surface area contributed by atoms with Gasteiger partial charge in [0.25, 0.3) is 0 Å². The molecule has 0 spiro atoms. The minimum absolute atomic E-state index is 0.0189. The summed E-state index contributed by atoms with van der Waals surface area (Å²) in [5, 5.41) is 7.66. The molecule has 1 saturated heterocycles. The zero-order chi connectivity index (χ0) is 20.2. The Morgan fingerprint density at radius 2 is 1.62 bits per heavy atom. The summed E-state index contributed by atoms with van der Waals surface area (Å²) in [5.41, 5.74) is 5.95. The van der Waals surface area contributed by atoms with Crippen molar-refractivity contribution in [3.63, 3.8) is 0 Å². The first kappa shape index (κ1) is 19.2. The first-order valence-corrected chi connectivity index (χ1v) is 10.4. The van der Waals surface area contributed by atoms with Gasteiger partial charge in [-0.3, -0.25) is 4.79 Å². The zero-order valence-electron chi connectivity index (χ0n) is 17.2. The predicted molar refractivity (Wildman–Crippen MR) is 118 cm³/mol. The number of hydrogen-bond donors (Lipinski definition) is 1. The van der Waals surface area contributed by atoms with E-state index in [9.17, 15) is 4.79 Å². The molecule has 0 atom stereocenters. The van der Waals surface area contributed by atoms with Crippen LogP contribution >= 0.6 is 0 Å². The molecule has 5 nitrogen and oxygen atoms in total. The highest BCUT2D eigenvalue weighted by Crippen LogP contribution is 2.23. The molecule has 1 aliphatic rings. The van der Waals surface area contributed by atoms with Crippen LogP contribution in [0.3, 0.4) is 0 Å². The van der Waals surface area contributed by atoms with Gasteiger partial charge in [0, 0.05) is 35.7 Å². The Balaban J connectivity index is 1.43. The third kappa shape index (κ3) is 4.34. The molecule has 29 heavy (non-hydrogen) atoms. The highest BCUT2D eigenvalue weighted by Gasteiger charge is 2.16. The van der Waals surface area contributed by atoms with E-state index in [-0.39, 0.29) is 5.91 Å². The highest BCUT2D eigenvalue weighted by molar-refractivity contribution is 5.92. The lowest BCUT2D eigenvalue weighted by Crippen LogP contribution is -2.29. The maximum atomic E-state index is 12.7. The number of rotatable bonds is 5. The number of carbonyl (C=O) groups is 1. The number of carbonyl (C=O) groups excluding carboxylic acids is 1. The van der Waals surface area contributed by atoms with Gasteiger partial charge in [-0.05, 0) is 69.5 Å². The van der Waals surface area contributed by atoms with Crippen molar-refractivity contribution in [1.82, 2.24) is 9.78 Å². The van der Waals surface area contributed by atoms with Crippen molar-refractivity contribution in [3.05, 3.63) is 71.5 Å². The van der Waals surface area contributed by atoms with Crippen molar-refractivity contribution in [2.45, 2.75) is 39.5 Å². The summed E-state index contributed by atoms with van der Waals surface area (Å²) < 4.78 is 1.91. The average molecular weight is 389 g/mol. The molecule has 1 N–H and O–H groups in total. The Morgan fingerprint density at radius 3 is 2.31 bits per heavy atom. The van der Waals surface area contributed by atoms with E-state index in [2.05, 4.69) is 27.4 Å². The van der Waals surface area contributed by atoms with Gasteiger partial charge in [0.05, 0.1) is 17.8 Å². The first-order chi connectivity index (χ1) is 14.1. The molecule has 0 radical (unpaired) electrons. The number of nitrogens with one attached hydrogen (secondary N) is 1. The van der Waals surface area contributed by atoms with Crippen molar-refractivity contribution in [3.8, 4) is 5.69 Å². The quantitative estimate of drug-likeness (QED) is 0.691. The molecule has 2 heterocycles. The van der Waals surface area contributed by atoms with Crippen LogP contribution in [0.4, 0.5) is 11.4 Å². The molecule has 1 aromatic heterocycles. The van der Waals surface area contributed by atoms with Gasteiger partial charge < -0.3 is 10.2 Å². The number of benzene rings is 2. The summed E-state index contributed by atoms with van der Waals surface area (Å²) in [5.74, 6) is -0.0189. The third-order valence-corrected chi connectivity index (χ3v) is 5.65. The number of para-hydroxylation sites is 1. The topological polar surface area (TPSA) is 50.2 Å². The lowest BCUT2D eigenvalue weighted by molar-refractivity contribution is -0.115. The second kappa shape index (κ2) is 8.52. The maximum Gasteiger partial charge on any atom is 0.228 e. The Bertz CT molecular complexity index is 970. The van der Waals surface area contributed by atoms with Gasteiger partial charge in [-0.1, -0.05) is 18.2 Å². The molecule has 5 heteroatoms. The molecule has 1 aliphatic heterocycles. The fraction of sp³-hybridized carbons (Fsp3) is 0.333. The van der Waals surface area contributed by atoms with E-state index in [1.807, 2.05) is 61.0 Å². The second-order valence-corrected chi connectivity index (χ2v) is 7.72. The summed E-state index contributed by atoms with van der Waals surface area (Å²) in [6.07, 6.45) is 4.16. The van der Waals surface area contributed by atoms with Crippen LogP contribution in [0.25, 0.3) is 5.69 Å². The van der Waals surface area contributed by atoms with Gasteiger partial charge >= 0.3 is 0 Å². The molecule has 0 bridgehead atoms. The largest absolute Gasteiger partial charge is 0.372 e. The van der Waals surface area contributed by atoms with Crippen LogP contribution in [0.5, 0.6) is 0 Å². The van der Waals surface area contributed by atoms with Crippen LogP contribution in [0.1, 0.15) is 36.2 Å². The van der Waals surface area contributed by atoms with Crippen LogP contribution < -0.4 is 10.2 Å². The Hall–Kier alpha value is -3.08. The monoisotopic (exact) mass is 388 g/mol. The van der Waals surface area contributed by atoms with Crippen LogP contribution in [0, 0.1) is 13.8 Å². The van der Waals surface area contributed by atoms with Crippen LogP contribution in [-0.4, -0.2) is 28.8 Å². The molecule has 2 aromatic carbocycles. The molecular weight excluding hydrogens is 360 g/mol. The number of hydrogen-bond acceptors (Lipinski definition) is 3. The molecule has 3 aromatic rings. The summed E-state index contributed by atoms with van der Waals surface area (Å²) in [6.45, 7) is 6.22. The fourth-order valence-electron chi connectivity index (χ4n) is 4.02. The van der Waals surface area contributed by atoms with Gasteiger partial charge in [0.1, 0.15) is 0 Å². The SMILES string of the molecule is Cc1nn(-c2ccccc2)c(C)c1CC(=O)Nc1ccc(N2CCCCC2)cc1. The van der Waals surface area contributed by atoms with Crippen molar-refractivity contribution >= 4 is 17.3 Å². The van der Waals surface area contributed by atoms with Crippen molar-refractivity contribution in [2.24, 2.45) is 0 Å². The lowest BCUT2D eigenvalue weighted by Gasteiger charge is -2.28. The number of aryl methyl sites for hydroxylation is 1. The number of piperidine rings is 1. The van der Waals surface area contributed by atoms with E-state index < -0.39 is 0 Å². The summed E-state index contributed by atoms with van der Waals surface area (Å²) >= 11 is 0. The van der Waals surface area contributed by atoms with E-state index in [0.29, 0.717) is 6.42 Å². The molecule has 0 saturated carbocycles. The number of nitrogens with zero attached hydrogens (tertiary/aromatic N) is 3. The van der Waals surface area contributed by atoms with Gasteiger partial charge in [-0.25, -0.2) is 4.68 Å². The Kier molecular flexibility index (Phi) is 5.65. The van der Waals surface area contributed by atoms with E-state index in [1.165, 1.54) is 24.9 Å². The number of anilines is 2. The van der Waals surface area contributed by atoms with Gasteiger partial charge in [0.2, 0.25) is 5.91 Å². The van der Waals surface area contributed by atoms with Gasteiger partial charge in [0.15, 0.2) is 0 Å². The second-order valence-electron chi connectivity index (χ2n) is 7.72.